The van der Waals surface area contributed by atoms with E-state index in [-0.39, 0.29) is 0 Å². The highest BCUT2D eigenvalue weighted by Gasteiger charge is 2.11. The molecule has 0 atom stereocenters. The fourth-order valence-electron chi connectivity index (χ4n) is 1.98. The lowest BCUT2D eigenvalue weighted by Crippen LogP contribution is -2.01. The molecule has 2 heterocycles. The van der Waals surface area contributed by atoms with Gasteiger partial charge in [-0.05, 0) is 25.1 Å². The van der Waals surface area contributed by atoms with Gasteiger partial charge >= 0.3 is 0 Å². The Bertz CT molecular complexity index is 751. The first-order valence-electron chi connectivity index (χ1n) is 6.08. The third kappa shape index (κ3) is 2.18. The highest BCUT2D eigenvalue weighted by atomic mass is 19.1. The number of pyridine rings is 1. The summed E-state index contributed by atoms with van der Waals surface area (Å²) in [5, 5.41) is 4.31. The van der Waals surface area contributed by atoms with Crippen LogP contribution in [0, 0.1) is 18.6 Å². The molecule has 3 rings (SSSR count). The van der Waals surface area contributed by atoms with E-state index in [1.54, 1.807) is 25.4 Å². The molecule has 0 bridgehead atoms. The van der Waals surface area contributed by atoms with Crippen molar-refractivity contribution in [1.29, 1.82) is 0 Å². The van der Waals surface area contributed by atoms with Gasteiger partial charge in [0.25, 0.3) is 0 Å². The Balaban J connectivity index is 2.07. The zero-order valence-corrected chi connectivity index (χ0v) is 10.7. The van der Waals surface area contributed by atoms with E-state index in [4.69, 9.17) is 0 Å². The molecule has 0 amide bonds. The summed E-state index contributed by atoms with van der Waals surface area (Å²) in [6, 6.07) is 9.37. The summed E-state index contributed by atoms with van der Waals surface area (Å²) in [6.07, 6.45) is 3.33. The van der Waals surface area contributed by atoms with Gasteiger partial charge in [0.1, 0.15) is 17.3 Å². The van der Waals surface area contributed by atoms with Crippen LogP contribution in [0.4, 0.5) is 8.78 Å². The minimum atomic E-state index is -0.627. The molecule has 0 radical (unpaired) electrons. The van der Waals surface area contributed by atoms with Gasteiger partial charge < -0.3 is 0 Å². The number of rotatable bonds is 2. The van der Waals surface area contributed by atoms with Gasteiger partial charge in [0.05, 0.1) is 11.4 Å². The minimum absolute atomic E-state index is 0.349. The molecule has 1 aromatic carbocycles. The fraction of sp³-hybridized carbons (Fsp3) is 0.0667. The smallest absolute Gasteiger partial charge is 0.131 e. The lowest BCUT2D eigenvalue weighted by atomic mass is 10.2. The molecule has 0 N–H and O–H groups in total. The molecule has 20 heavy (non-hydrogen) atoms. The van der Waals surface area contributed by atoms with E-state index in [9.17, 15) is 8.78 Å². The number of hydrogen-bond donors (Lipinski definition) is 0. The summed E-state index contributed by atoms with van der Waals surface area (Å²) in [7, 11) is 0. The van der Waals surface area contributed by atoms with Crippen molar-refractivity contribution in [3.05, 3.63) is 66.0 Å². The first-order chi connectivity index (χ1) is 9.65. The molecule has 0 spiro atoms. The maximum Gasteiger partial charge on any atom is 0.131 e. The molecular formula is C15H11F2N3. The van der Waals surface area contributed by atoms with Crippen LogP contribution in [0.1, 0.15) is 5.56 Å². The number of hydrogen-bond acceptors (Lipinski definition) is 2. The second-order valence-electron chi connectivity index (χ2n) is 4.39. The van der Waals surface area contributed by atoms with Crippen LogP contribution in [0.5, 0.6) is 0 Å². The highest BCUT2D eigenvalue weighted by molar-refractivity contribution is 5.54. The van der Waals surface area contributed by atoms with Gasteiger partial charge in [-0.1, -0.05) is 6.07 Å². The maximum absolute atomic E-state index is 13.6. The molecule has 0 aliphatic carbocycles. The predicted octanol–water partition coefficient (Wildman–Crippen LogP) is 3.52. The third-order valence-corrected chi connectivity index (χ3v) is 3.04. The lowest BCUT2D eigenvalue weighted by Gasteiger charge is -2.07. The molecule has 3 nitrogen and oxygen atoms in total. The number of halogens is 2. The maximum atomic E-state index is 13.6. The van der Waals surface area contributed by atoms with Crippen molar-refractivity contribution >= 4 is 0 Å². The van der Waals surface area contributed by atoms with Gasteiger partial charge in [0.15, 0.2) is 0 Å². The van der Waals surface area contributed by atoms with Crippen molar-refractivity contribution in [1.82, 2.24) is 14.8 Å². The van der Waals surface area contributed by atoms with Crippen LogP contribution in [0.3, 0.4) is 0 Å². The van der Waals surface area contributed by atoms with Crippen LogP contribution in [-0.2, 0) is 0 Å². The Kier molecular flexibility index (Phi) is 3.02. The van der Waals surface area contributed by atoms with E-state index in [1.165, 1.54) is 10.7 Å². The summed E-state index contributed by atoms with van der Waals surface area (Å²) < 4.78 is 28.3. The third-order valence-electron chi connectivity index (χ3n) is 3.04. The number of nitrogens with zero attached hydrogens (tertiary/aromatic N) is 3. The largest absolute Gasteiger partial charge is 0.255 e. The fourth-order valence-corrected chi connectivity index (χ4v) is 1.98. The molecular weight excluding hydrogens is 260 g/mol. The van der Waals surface area contributed by atoms with Gasteiger partial charge in [-0.15, -0.1) is 0 Å². The summed E-state index contributed by atoms with van der Waals surface area (Å²) in [5.74, 6) is -1.21. The van der Waals surface area contributed by atoms with E-state index in [1.807, 2.05) is 18.2 Å². The molecule has 100 valence electrons. The average Bonchev–Trinajstić information content (AvgIpc) is 2.93. The highest BCUT2D eigenvalue weighted by Crippen LogP contribution is 2.21. The van der Waals surface area contributed by atoms with E-state index < -0.39 is 11.6 Å². The predicted molar refractivity (Wildman–Crippen MR) is 71.4 cm³/mol. The SMILES string of the molecule is Cc1c(F)cc(F)cc1-n1ccc(-c2ccccn2)n1. The van der Waals surface area contributed by atoms with Gasteiger partial charge in [-0.2, -0.15) is 5.10 Å². The summed E-state index contributed by atoms with van der Waals surface area (Å²) in [6.45, 7) is 1.59. The molecule has 5 heteroatoms. The summed E-state index contributed by atoms with van der Waals surface area (Å²) in [5.41, 5.74) is 2.09. The topological polar surface area (TPSA) is 30.7 Å². The lowest BCUT2D eigenvalue weighted by molar-refractivity contribution is 0.573. The van der Waals surface area contributed by atoms with Gasteiger partial charge in [0.2, 0.25) is 0 Å². The van der Waals surface area contributed by atoms with Crippen LogP contribution < -0.4 is 0 Å². The van der Waals surface area contributed by atoms with Crippen LogP contribution in [0.2, 0.25) is 0 Å². The van der Waals surface area contributed by atoms with Gasteiger partial charge in [0, 0.05) is 30.1 Å². The zero-order valence-electron chi connectivity index (χ0n) is 10.7. The van der Waals surface area contributed by atoms with E-state index in [0.29, 0.717) is 22.6 Å². The van der Waals surface area contributed by atoms with Crippen LogP contribution in [-0.4, -0.2) is 14.8 Å². The van der Waals surface area contributed by atoms with Crippen molar-refractivity contribution in [3.63, 3.8) is 0 Å². The Morgan fingerprint density at radius 3 is 2.65 bits per heavy atom. The Labute approximate surface area is 114 Å². The number of benzene rings is 1. The molecule has 2 aromatic heterocycles. The monoisotopic (exact) mass is 271 g/mol. The van der Waals surface area contributed by atoms with E-state index in [0.717, 1.165) is 6.07 Å². The normalized spacial score (nSPS) is 10.8. The molecule has 3 aromatic rings. The molecule has 0 saturated carbocycles. The van der Waals surface area contributed by atoms with Gasteiger partial charge in [-0.3, -0.25) is 4.98 Å². The first-order valence-corrected chi connectivity index (χ1v) is 6.08. The van der Waals surface area contributed by atoms with E-state index in [2.05, 4.69) is 10.1 Å². The van der Waals surface area contributed by atoms with E-state index >= 15 is 0 Å². The summed E-state index contributed by atoms with van der Waals surface area (Å²) >= 11 is 0. The second kappa shape index (κ2) is 4.85. The Morgan fingerprint density at radius 2 is 1.90 bits per heavy atom. The second-order valence-corrected chi connectivity index (χ2v) is 4.39. The average molecular weight is 271 g/mol. The zero-order chi connectivity index (χ0) is 14.1. The standard InChI is InChI=1S/C15H11F2N3/c1-10-12(17)8-11(16)9-15(10)20-7-5-14(19-20)13-4-2-3-6-18-13/h2-9H,1H3. The Morgan fingerprint density at radius 1 is 1.05 bits per heavy atom. The first kappa shape index (κ1) is 12.5. The quantitative estimate of drug-likeness (QED) is 0.714. The van der Waals surface area contributed by atoms with Crippen molar-refractivity contribution in [2.75, 3.05) is 0 Å². The molecule has 0 aliphatic rings. The van der Waals surface area contributed by atoms with Crippen molar-refractivity contribution < 1.29 is 8.78 Å². The van der Waals surface area contributed by atoms with Crippen molar-refractivity contribution in [2.45, 2.75) is 6.92 Å². The van der Waals surface area contributed by atoms with Crippen LogP contribution >= 0.6 is 0 Å². The molecule has 0 fully saturated rings. The molecule has 0 aliphatic heterocycles. The minimum Gasteiger partial charge on any atom is -0.255 e. The van der Waals surface area contributed by atoms with Crippen LogP contribution in [0.15, 0.2) is 48.8 Å². The van der Waals surface area contributed by atoms with Gasteiger partial charge in [-0.25, -0.2) is 13.5 Å². The molecule has 0 saturated heterocycles. The molecule has 0 unspecified atom stereocenters. The number of aromatic nitrogens is 3. The summed E-state index contributed by atoms with van der Waals surface area (Å²) in [4.78, 5) is 4.19. The van der Waals surface area contributed by atoms with Crippen molar-refractivity contribution in [2.24, 2.45) is 0 Å². The van der Waals surface area contributed by atoms with Crippen LogP contribution in [0.25, 0.3) is 17.1 Å². The Hall–Kier alpha value is -2.56. The van der Waals surface area contributed by atoms with Crippen molar-refractivity contribution in [3.8, 4) is 17.1 Å².